The number of hydrogen-bond acceptors (Lipinski definition) is 3. The third-order valence-electron chi connectivity index (χ3n) is 5.88. The van der Waals surface area contributed by atoms with Gasteiger partial charge in [-0.25, -0.2) is 0 Å². The van der Waals surface area contributed by atoms with Crippen LogP contribution in [0.15, 0.2) is 6.20 Å². The van der Waals surface area contributed by atoms with E-state index >= 15 is 0 Å². The molecule has 4 rings (SSSR count). The highest BCUT2D eigenvalue weighted by atomic mass is 16.2. The summed E-state index contributed by atoms with van der Waals surface area (Å²) in [6.07, 6.45) is 13.0. The van der Waals surface area contributed by atoms with Crippen LogP contribution in [0.4, 0.5) is 0 Å². The first kappa shape index (κ1) is 15.2. The van der Waals surface area contributed by atoms with Crippen molar-refractivity contribution in [1.29, 1.82) is 0 Å². The molecule has 1 atom stereocenters. The average Bonchev–Trinajstić information content (AvgIpc) is 3.01. The Balaban J connectivity index is 1.25. The molecule has 1 saturated heterocycles. The number of carbonyl (C=O) groups is 1. The summed E-state index contributed by atoms with van der Waals surface area (Å²) in [4.78, 5) is 14.3. The average molecular weight is 316 g/mol. The Morgan fingerprint density at radius 1 is 1.13 bits per heavy atom. The van der Waals surface area contributed by atoms with Crippen molar-refractivity contribution in [3.63, 3.8) is 0 Å². The molecule has 0 N–H and O–H groups in total. The lowest BCUT2D eigenvalue weighted by atomic mass is 10.1. The fraction of sp³-hybridized carbons (Fsp3) is 0.833. The number of amides is 1. The summed E-state index contributed by atoms with van der Waals surface area (Å²) in [6, 6.07) is 0. The molecule has 5 heteroatoms. The number of carbonyl (C=O) groups excluding carboxylic acids is 1. The first-order valence-electron chi connectivity index (χ1n) is 9.46. The van der Waals surface area contributed by atoms with Gasteiger partial charge in [-0.2, -0.15) is 0 Å². The van der Waals surface area contributed by atoms with Gasteiger partial charge in [0.2, 0.25) is 5.91 Å². The van der Waals surface area contributed by atoms with E-state index in [4.69, 9.17) is 0 Å². The standard InChI is InChI=1S/C18H28N4O/c23-18(8-7-14-5-6-14)21-10-9-15(11-21)12-22-13-17(19-20-22)16-3-1-2-4-16/h13-16H,1-12H2. The molecular formula is C18H28N4O. The molecule has 3 aliphatic rings. The lowest BCUT2D eigenvalue weighted by molar-refractivity contribution is -0.130. The van der Waals surface area contributed by atoms with Crippen LogP contribution >= 0.6 is 0 Å². The Hall–Kier alpha value is -1.39. The van der Waals surface area contributed by atoms with Gasteiger partial charge in [0, 0.05) is 38.2 Å². The van der Waals surface area contributed by atoms with Gasteiger partial charge in [-0.05, 0) is 37.5 Å². The Bertz CT molecular complexity index is 545. The van der Waals surface area contributed by atoms with Crippen molar-refractivity contribution in [2.24, 2.45) is 11.8 Å². The molecule has 1 aromatic heterocycles. The molecule has 1 aliphatic heterocycles. The first-order valence-corrected chi connectivity index (χ1v) is 9.46. The van der Waals surface area contributed by atoms with Crippen LogP contribution < -0.4 is 0 Å². The highest BCUT2D eigenvalue weighted by molar-refractivity contribution is 5.76. The molecule has 2 heterocycles. The summed E-state index contributed by atoms with van der Waals surface area (Å²) in [5.74, 6) is 2.39. The van der Waals surface area contributed by atoms with Gasteiger partial charge in [0.15, 0.2) is 0 Å². The minimum absolute atomic E-state index is 0.365. The normalized spacial score (nSPS) is 25.4. The fourth-order valence-electron chi connectivity index (χ4n) is 4.18. The van der Waals surface area contributed by atoms with Crippen molar-refractivity contribution in [3.8, 4) is 0 Å². The zero-order valence-electron chi connectivity index (χ0n) is 14.0. The van der Waals surface area contributed by atoms with Crippen molar-refractivity contribution in [1.82, 2.24) is 19.9 Å². The van der Waals surface area contributed by atoms with E-state index in [0.29, 0.717) is 17.7 Å². The van der Waals surface area contributed by atoms with E-state index in [-0.39, 0.29) is 0 Å². The molecule has 0 radical (unpaired) electrons. The molecule has 0 bridgehead atoms. The molecule has 1 aromatic rings. The van der Waals surface area contributed by atoms with Gasteiger partial charge in [0.25, 0.3) is 0 Å². The largest absolute Gasteiger partial charge is 0.342 e. The van der Waals surface area contributed by atoms with Crippen molar-refractivity contribution in [2.45, 2.75) is 70.3 Å². The molecule has 0 aromatic carbocycles. The molecule has 23 heavy (non-hydrogen) atoms. The second-order valence-corrected chi connectivity index (χ2v) is 7.82. The van der Waals surface area contributed by atoms with E-state index in [1.807, 2.05) is 4.68 Å². The topological polar surface area (TPSA) is 51.0 Å². The van der Waals surface area contributed by atoms with E-state index in [0.717, 1.165) is 44.8 Å². The van der Waals surface area contributed by atoms with Gasteiger partial charge in [-0.15, -0.1) is 5.10 Å². The van der Waals surface area contributed by atoms with Gasteiger partial charge in [-0.3, -0.25) is 9.48 Å². The van der Waals surface area contributed by atoms with E-state index in [1.54, 1.807) is 0 Å². The van der Waals surface area contributed by atoms with Crippen LogP contribution in [0.5, 0.6) is 0 Å². The summed E-state index contributed by atoms with van der Waals surface area (Å²) in [5.41, 5.74) is 1.18. The third kappa shape index (κ3) is 3.75. The Morgan fingerprint density at radius 2 is 1.96 bits per heavy atom. The maximum atomic E-state index is 12.2. The quantitative estimate of drug-likeness (QED) is 0.811. The third-order valence-corrected chi connectivity index (χ3v) is 5.88. The smallest absolute Gasteiger partial charge is 0.222 e. The second-order valence-electron chi connectivity index (χ2n) is 7.82. The fourth-order valence-corrected chi connectivity index (χ4v) is 4.18. The first-order chi connectivity index (χ1) is 11.3. The number of likely N-dealkylation sites (tertiary alicyclic amines) is 1. The molecular weight excluding hydrogens is 288 g/mol. The maximum absolute atomic E-state index is 12.2. The molecule has 5 nitrogen and oxygen atoms in total. The lowest BCUT2D eigenvalue weighted by Gasteiger charge is -2.16. The van der Waals surface area contributed by atoms with Crippen molar-refractivity contribution < 1.29 is 4.79 Å². The predicted molar refractivity (Wildman–Crippen MR) is 87.9 cm³/mol. The van der Waals surface area contributed by atoms with Gasteiger partial charge in [-0.1, -0.05) is 30.9 Å². The SMILES string of the molecule is O=C(CCC1CC1)N1CCC(Cn2cc(C3CCCC3)nn2)C1. The van der Waals surface area contributed by atoms with Crippen LogP contribution in [-0.2, 0) is 11.3 Å². The number of rotatable bonds is 6. The minimum Gasteiger partial charge on any atom is -0.342 e. The van der Waals surface area contributed by atoms with Gasteiger partial charge in [0.05, 0.1) is 5.69 Å². The summed E-state index contributed by atoms with van der Waals surface area (Å²) < 4.78 is 2.01. The monoisotopic (exact) mass is 316 g/mol. The van der Waals surface area contributed by atoms with Crippen LogP contribution in [-0.4, -0.2) is 38.9 Å². The summed E-state index contributed by atoms with van der Waals surface area (Å²) in [6.45, 7) is 2.74. The van der Waals surface area contributed by atoms with Gasteiger partial charge >= 0.3 is 0 Å². The highest BCUT2D eigenvalue weighted by Gasteiger charge is 2.29. The van der Waals surface area contributed by atoms with E-state index < -0.39 is 0 Å². The summed E-state index contributed by atoms with van der Waals surface area (Å²) >= 11 is 0. The second kappa shape index (κ2) is 6.62. The number of nitrogens with zero attached hydrogens (tertiary/aromatic N) is 4. The molecule has 2 aliphatic carbocycles. The van der Waals surface area contributed by atoms with Crippen molar-refractivity contribution >= 4 is 5.91 Å². The minimum atomic E-state index is 0.365. The molecule has 1 amide bonds. The maximum Gasteiger partial charge on any atom is 0.222 e. The number of hydrogen-bond donors (Lipinski definition) is 0. The Morgan fingerprint density at radius 3 is 2.74 bits per heavy atom. The molecule has 126 valence electrons. The van der Waals surface area contributed by atoms with Crippen molar-refractivity contribution in [3.05, 3.63) is 11.9 Å². The molecule has 0 spiro atoms. The summed E-state index contributed by atoms with van der Waals surface area (Å²) in [7, 11) is 0. The van der Waals surface area contributed by atoms with Gasteiger partial charge in [0.1, 0.15) is 0 Å². The molecule has 1 unspecified atom stereocenters. The predicted octanol–water partition coefficient (Wildman–Crippen LogP) is 2.97. The van der Waals surface area contributed by atoms with Crippen LogP contribution in [0.25, 0.3) is 0 Å². The van der Waals surface area contributed by atoms with Crippen LogP contribution in [0.1, 0.15) is 69.4 Å². The number of aromatic nitrogens is 3. The van der Waals surface area contributed by atoms with Crippen LogP contribution in [0, 0.1) is 11.8 Å². The lowest BCUT2D eigenvalue weighted by Crippen LogP contribution is -2.29. The molecule has 2 saturated carbocycles. The van der Waals surface area contributed by atoms with Gasteiger partial charge < -0.3 is 4.90 Å². The Labute approximate surface area is 138 Å². The van der Waals surface area contributed by atoms with E-state index in [1.165, 1.54) is 44.2 Å². The summed E-state index contributed by atoms with van der Waals surface area (Å²) in [5, 5.41) is 8.71. The Kier molecular flexibility index (Phi) is 4.36. The van der Waals surface area contributed by atoms with Crippen LogP contribution in [0.2, 0.25) is 0 Å². The zero-order valence-corrected chi connectivity index (χ0v) is 14.0. The van der Waals surface area contributed by atoms with Crippen LogP contribution in [0.3, 0.4) is 0 Å². The van der Waals surface area contributed by atoms with E-state index in [2.05, 4.69) is 21.4 Å². The molecule has 3 fully saturated rings. The zero-order chi connectivity index (χ0) is 15.6. The van der Waals surface area contributed by atoms with E-state index in [9.17, 15) is 4.79 Å². The van der Waals surface area contributed by atoms with Crippen molar-refractivity contribution in [2.75, 3.05) is 13.1 Å². The highest BCUT2D eigenvalue weighted by Crippen LogP contribution is 2.34.